The number of aromatic nitrogens is 1. The van der Waals surface area contributed by atoms with Gasteiger partial charge in [0.25, 0.3) is 5.91 Å². The molecule has 3 heterocycles. The molecule has 1 aromatic heterocycles. The highest BCUT2D eigenvalue weighted by molar-refractivity contribution is 7.15. The van der Waals surface area contributed by atoms with Crippen LogP contribution in [0.1, 0.15) is 60.5 Å². The molecular formula is C23H26N4O3S. The molecule has 8 heteroatoms. The molecule has 162 valence electrons. The molecule has 0 spiro atoms. The molecule has 0 saturated carbocycles. The number of carbonyl (C=O) groups is 3. The SMILES string of the molecule is CC1CCc2nc(NC(=O)CCN3C(=O)c4ccccc4N4C(=O)CCC34C)sc2C1. The van der Waals surface area contributed by atoms with Gasteiger partial charge in [0.05, 0.1) is 16.9 Å². The van der Waals surface area contributed by atoms with Crippen LogP contribution in [-0.2, 0) is 22.4 Å². The van der Waals surface area contributed by atoms with Crippen LogP contribution >= 0.6 is 11.3 Å². The summed E-state index contributed by atoms with van der Waals surface area (Å²) in [5.74, 6) is 0.377. The van der Waals surface area contributed by atoms with Crippen LogP contribution in [-0.4, -0.2) is 39.8 Å². The number of nitrogens with zero attached hydrogens (tertiary/aromatic N) is 3. The number of hydrogen-bond donors (Lipinski definition) is 1. The predicted octanol–water partition coefficient (Wildman–Crippen LogP) is 3.60. The topological polar surface area (TPSA) is 82.6 Å². The molecule has 1 fully saturated rings. The smallest absolute Gasteiger partial charge is 0.257 e. The van der Waals surface area contributed by atoms with Gasteiger partial charge in [0.1, 0.15) is 5.66 Å². The average Bonchev–Trinajstić information content (AvgIpc) is 3.27. The Bertz CT molecular complexity index is 1080. The van der Waals surface area contributed by atoms with Gasteiger partial charge in [-0.1, -0.05) is 19.1 Å². The van der Waals surface area contributed by atoms with Crippen LogP contribution in [0.2, 0.25) is 0 Å². The van der Waals surface area contributed by atoms with Crippen LogP contribution in [0, 0.1) is 5.92 Å². The summed E-state index contributed by atoms with van der Waals surface area (Å²) in [4.78, 5) is 47.8. The first-order valence-electron chi connectivity index (χ1n) is 10.9. The van der Waals surface area contributed by atoms with E-state index in [4.69, 9.17) is 0 Å². The van der Waals surface area contributed by atoms with Crippen LogP contribution in [0.15, 0.2) is 24.3 Å². The fourth-order valence-corrected chi connectivity index (χ4v) is 6.22. The lowest BCUT2D eigenvalue weighted by atomic mass is 9.93. The summed E-state index contributed by atoms with van der Waals surface area (Å²) in [5, 5.41) is 3.56. The van der Waals surface area contributed by atoms with Crippen molar-refractivity contribution in [1.29, 1.82) is 0 Å². The molecule has 1 aliphatic carbocycles. The second-order valence-corrected chi connectivity index (χ2v) is 10.0. The zero-order valence-electron chi connectivity index (χ0n) is 17.8. The van der Waals surface area contributed by atoms with Gasteiger partial charge in [0, 0.05) is 24.3 Å². The molecule has 3 aliphatic rings. The van der Waals surface area contributed by atoms with Crippen molar-refractivity contribution in [3.8, 4) is 0 Å². The van der Waals surface area contributed by atoms with Crippen LogP contribution in [0.4, 0.5) is 10.8 Å². The highest BCUT2D eigenvalue weighted by Crippen LogP contribution is 2.44. The van der Waals surface area contributed by atoms with Gasteiger partial charge >= 0.3 is 0 Å². The summed E-state index contributed by atoms with van der Waals surface area (Å²) in [6.45, 7) is 4.41. The largest absolute Gasteiger partial charge is 0.315 e. The first kappa shape index (κ1) is 20.2. The first-order valence-corrected chi connectivity index (χ1v) is 11.7. The number of rotatable bonds is 4. The second kappa shape index (κ2) is 7.44. The number of amides is 3. The molecule has 2 atom stereocenters. The molecule has 7 nitrogen and oxygen atoms in total. The van der Waals surface area contributed by atoms with Crippen molar-refractivity contribution in [2.24, 2.45) is 5.92 Å². The van der Waals surface area contributed by atoms with Crippen LogP contribution < -0.4 is 10.2 Å². The fraction of sp³-hybridized carbons (Fsp3) is 0.478. The summed E-state index contributed by atoms with van der Waals surface area (Å²) in [6, 6.07) is 7.21. The van der Waals surface area contributed by atoms with Crippen molar-refractivity contribution in [2.45, 2.75) is 58.0 Å². The molecule has 0 radical (unpaired) electrons. The highest BCUT2D eigenvalue weighted by atomic mass is 32.1. The maximum atomic E-state index is 13.3. The van der Waals surface area contributed by atoms with E-state index in [9.17, 15) is 14.4 Å². The maximum Gasteiger partial charge on any atom is 0.257 e. The molecule has 0 bridgehead atoms. The minimum absolute atomic E-state index is 0.0134. The van der Waals surface area contributed by atoms with Crippen molar-refractivity contribution in [1.82, 2.24) is 9.88 Å². The average molecular weight is 439 g/mol. The van der Waals surface area contributed by atoms with Gasteiger partial charge in [0.15, 0.2) is 5.13 Å². The van der Waals surface area contributed by atoms with E-state index in [-0.39, 0.29) is 30.7 Å². The van der Waals surface area contributed by atoms with E-state index < -0.39 is 5.66 Å². The van der Waals surface area contributed by atoms with Gasteiger partial charge < -0.3 is 10.2 Å². The summed E-state index contributed by atoms with van der Waals surface area (Å²) in [7, 11) is 0. The van der Waals surface area contributed by atoms with E-state index in [1.807, 2.05) is 19.1 Å². The van der Waals surface area contributed by atoms with E-state index in [1.54, 1.807) is 33.3 Å². The van der Waals surface area contributed by atoms with Gasteiger partial charge in [0.2, 0.25) is 11.8 Å². The number of thiazole rings is 1. The molecule has 1 saturated heterocycles. The summed E-state index contributed by atoms with van der Waals surface area (Å²) < 4.78 is 0. The van der Waals surface area contributed by atoms with E-state index >= 15 is 0 Å². The third-order valence-electron chi connectivity index (χ3n) is 6.74. The number of nitrogens with one attached hydrogen (secondary N) is 1. The summed E-state index contributed by atoms with van der Waals surface area (Å²) in [6.07, 6.45) is 4.23. The Hall–Kier alpha value is -2.74. The van der Waals surface area contributed by atoms with E-state index in [2.05, 4.69) is 17.2 Å². The van der Waals surface area contributed by atoms with Gasteiger partial charge in [-0.25, -0.2) is 4.98 Å². The predicted molar refractivity (Wildman–Crippen MR) is 119 cm³/mol. The number of para-hydroxylation sites is 1. The quantitative estimate of drug-likeness (QED) is 0.791. The van der Waals surface area contributed by atoms with Crippen LogP contribution in [0.5, 0.6) is 0 Å². The lowest BCUT2D eigenvalue weighted by Crippen LogP contribution is -2.62. The molecular weight excluding hydrogens is 412 g/mol. The van der Waals surface area contributed by atoms with Crippen LogP contribution in [0.3, 0.4) is 0 Å². The Morgan fingerprint density at radius 3 is 2.94 bits per heavy atom. The Kier molecular flexibility index (Phi) is 4.84. The molecule has 1 N–H and O–H groups in total. The second-order valence-electron chi connectivity index (χ2n) is 8.96. The standard InChI is InChI=1S/C23H26N4O3S/c1-14-7-8-16-18(13-14)31-22(24-16)25-19(28)10-12-26-21(30)15-5-3-4-6-17(15)27-20(29)9-11-23(26,27)2/h3-6,14H,7-13H2,1-2H3,(H,24,25,28). The molecule has 2 unspecified atom stereocenters. The van der Waals surface area contributed by atoms with Gasteiger partial charge in [-0.2, -0.15) is 0 Å². The number of hydrogen-bond acceptors (Lipinski definition) is 5. The lowest BCUT2D eigenvalue weighted by molar-refractivity contribution is -0.117. The minimum Gasteiger partial charge on any atom is -0.315 e. The molecule has 2 aliphatic heterocycles. The number of anilines is 2. The third-order valence-corrected chi connectivity index (χ3v) is 7.78. The molecule has 1 aromatic carbocycles. The molecule has 3 amide bonds. The van der Waals surface area contributed by atoms with Crippen LogP contribution in [0.25, 0.3) is 0 Å². The fourth-order valence-electron chi connectivity index (χ4n) is 5.03. The monoisotopic (exact) mass is 438 g/mol. The molecule has 5 rings (SSSR count). The number of aryl methyl sites for hydroxylation is 1. The lowest BCUT2D eigenvalue weighted by Gasteiger charge is -2.48. The molecule has 31 heavy (non-hydrogen) atoms. The maximum absolute atomic E-state index is 13.3. The zero-order valence-corrected chi connectivity index (χ0v) is 18.6. The van der Waals surface area contributed by atoms with Crippen molar-refractivity contribution in [3.63, 3.8) is 0 Å². The van der Waals surface area contributed by atoms with E-state index in [0.29, 0.717) is 35.1 Å². The minimum atomic E-state index is -0.737. The summed E-state index contributed by atoms with van der Waals surface area (Å²) in [5.41, 5.74) is 1.55. The Morgan fingerprint density at radius 2 is 2.10 bits per heavy atom. The first-order chi connectivity index (χ1) is 14.9. The van der Waals surface area contributed by atoms with E-state index in [0.717, 1.165) is 25.0 Å². The highest BCUT2D eigenvalue weighted by Gasteiger charge is 2.52. The van der Waals surface area contributed by atoms with Crippen molar-refractivity contribution >= 4 is 39.9 Å². The Labute approximate surface area is 185 Å². The van der Waals surface area contributed by atoms with Crippen molar-refractivity contribution < 1.29 is 14.4 Å². The molecule has 2 aromatic rings. The normalized spacial score (nSPS) is 24.6. The number of carbonyl (C=O) groups excluding carboxylic acids is 3. The zero-order chi connectivity index (χ0) is 21.8. The Morgan fingerprint density at radius 1 is 1.29 bits per heavy atom. The summed E-state index contributed by atoms with van der Waals surface area (Å²) >= 11 is 1.56. The van der Waals surface area contributed by atoms with Gasteiger partial charge in [-0.3, -0.25) is 19.3 Å². The van der Waals surface area contributed by atoms with E-state index in [1.165, 1.54) is 4.88 Å². The van der Waals surface area contributed by atoms with Gasteiger partial charge in [-0.05, 0) is 50.7 Å². The number of benzene rings is 1. The van der Waals surface area contributed by atoms with Crippen molar-refractivity contribution in [3.05, 3.63) is 40.4 Å². The van der Waals surface area contributed by atoms with Gasteiger partial charge in [-0.15, -0.1) is 11.3 Å². The Balaban J connectivity index is 1.31. The number of fused-ring (bicyclic) bond motifs is 4. The van der Waals surface area contributed by atoms with Crippen molar-refractivity contribution in [2.75, 3.05) is 16.8 Å². The third kappa shape index (κ3) is 3.33.